The molecular formula is C31H30ClN3O2S2. The van der Waals surface area contributed by atoms with Gasteiger partial charge in [0.05, 0.1) is 38.4 Å². The molecule has 3 aromatic carbocycles. The predicted octanol–water partition coefficient (Wildman–Crippen LogP) is 6.80. The molecule has 0 radical (unpaired) electrons. The third kappa shape index (κ3) is 6.86. The van der Waals surface area contributed by atoms with Gasteiger partial charge < -0.3 is 9.80 Å². The van der Waals surface area contributed by atoms with Crippen molar-refractivity contribution in [3.05, 3.63) is 118 Å². The molecule has 200 valence electrons. The summed E-state index contributed by atoms with van der Waals surface area (Å²) in [5, 5.41) is 0.691. The van der Waals surface area contributed by atoms with Crippen LogP contribution >= 0.6 is 22.9 Å². The Morgan fingerprint density at radius 1 is 0.949 bits per heavy atom. The third-order valence-electron chi connectivity index (χ3n) is 6.56. The van der Waals surface area contributed by atoms with E-state index in [0.29, 0.717) is 23.0 Å². The number of sulfone groups is 1. The molecule has 0 spiro atoms. The minimum Gasteiger partial charge on any atom is -0.339 e. The first-order valence-corrected chi connectivity index (χ1v) is 15.8. The summed E-state index contributed by atoms with van der Waals surface area (Å²) in [6.45, 7) is 2.20. The van der Waals surface area contributed by atoms with Crippen LogP contribution in [-0.4, -0.2) is 52.0 Å². The number of thiophene rings is 1. The lowest BCUT2D eigenvalue weighted by Crippen LogP contribution is -2.32. The van der Waals surface area contributed by atoms with Gasteiger partial charge in [-0.25, -0.2) is 8.42 Å². The van der Waals surface area contributed by atoms with Crippen molar-refractivity contribution in [1.29, 1.82) is 0 Å². The molecule has 0 unspecified atom stereocenters. The Bertz CT molecular complexity index is 1630. The van der Waals surface area contributed by atoms with E-state index in [4.69, 9.17) is 16.6 Å². The van der Waals surface area contributed by atoms with Crippen molar-refractivity contribution < 1.29 is 8.42 Å². The normalized spacial score (nSPS) is 13.9. The molecule has 1 aromatic heterocycles. The summed E-state index contributed by atoms with van der Waals surface area (Å²) >= 11 is 8.21. The van der Waals surface area contributed by atoms with Crippen molar-refractivity contribution in [3.8, 4) is 10.4 Å². The van der Waals surface area contributed by atoms with E-state index in [1.807, 2.05) is 42.5 Å². The number of nitrogens with zero attached hydrogens (tertiary/aromatic N) is 3. The molecule has 4 aromatic rings. The second kappa shape index (κ2) is 11.9. The Morgan fingerprint density at radius 3 is 2.46 bits per heavy atom. The Hall–Kier alpha value is -3.23. The van der Waals surface area contributed by atoms with Crippen LogP contribution < -0.4 is 4.90 Å². The number of benzene rings is 3. The van der Waals surface area contributed by atoms with E-state index in [-0.39, 0.29) is 0 Å². The lowest BCUT2D eigenvalue weighted by atomic mass is 10.1. The maximum atomic E-state index is 12.1. The van der Waals surface area contributed by atoms with Crippen LogP contribution in [0.15, 0.2) is 113 Å². The summed E-state index contributed by atoms with van der Waals surface area (Å²) in [5.41, 5.74) is 5.05. The van der Waals surface area contributed by atoms with Gasteiger partial charge in [0.25, 0.3) is 0 Å². The highest BCUT2D eigenvalue weighted by Crippen LogP contribution is 2.33. The number of hydrogen-bond acceptors (Lipinski definition) is 6. The molecule has 8 heteroatoms. The number of likely N-dealkylation sites (N-methyl/N-ethyl adjacent to an activating group) is 1. The van der Waals surface area contributed by atoms with Crippen LogP contribution in [-0.2, 0) is 16.3 Å². The quantitative estimate of drug-likeness (QED) is 0.220. The zero-order valence-corrected chi connectivity index (χ0v) is 24.3. The number of hydrogen-bond donors (Lipinski definition) is 0. The first-order chi connectivity index (χ1) is 18.8. The van der Waals surface area contributed by atoms with Crippen molar-refractivity contribution in [2.24, 2.45) is 4.99 Å². The van der Waals surface area contributed by atoms with E-state index in [2.05, 4.69) is 53.4 Å². The number of halogens is 1. The zero-order chi connectivity index (χ0) is 27.4. The molecule has 5 nitrogen and oxygen atoms in total. The molecular weight excluding hydrogens is 546 g/mol. The average Bonchev–Trinajstić information content (AvgIpc) is 3.43. The van der Waals surface area contributed by atoms with Gasteiger partial charge in [0.15, 0.2) is 9.84 Å². The van der Waals surface area contributed by atoms with E-state index >= 15 is 0 Å². The van der Waals surface area contributed by atoms with Gasteiger partial charge in [-0.2, -0.15) is 0 Å². The molecule has 2 heterocycles. The molecule has 0 atom stereocenters. The van der Waals surface area contributed by atoms with Crippen LogP contribution in [0.2, 0.25) is 5.02 Å². The van der Waals surface area contributed by atoms with Gasteiger partial charge >= 0.3 is 0 Å². The van der Waals surface area contributed by atoms with Gasteiger partial charge in [-0.1, -0.05) is 66.2 Å². The maximum absolute atomic E-state index is 12.1. The lowest BCUT2D eigenvalue weighted by Gasteiger charge is -2.28. The highest BCUT2D eigenvalue weighted by molar-refractivity contribution is 7.90. The first-order valence-electron chi connectivity index (χ1n) is 12.7. The number of anilines is 1. The average molecular weight is 576 g/mol. The second-order valence-electron chi connectivity index (χ2n) is 9.70. The number of rotatable bonds is 9. The molecule has 0 aliphatic carbocycles. The zero-order valence-electron chi connectivity index (χ0n) is 21.9. The van der Waals surface area contributed by atoms with Crippen molar-refractivity contribution in [3.63, 3.8) is 0 Å². The summed E-state index contributed by atoms with van der Waals surface area (Å²) in [6.07, 6.45) is 4.29. The fourth-order valence-electron chi connectivity index (χ4n) is 4.52. The van der Waals surface area contributed by atoms with E-state index in [9.17, 15) is 8.42 Å². The predicted molar refractivity (Wildman–Crippen MR) is 164 cm³/mol. The van der Waals surface area contributed by atoms with E-state index < -0.39 is 9.84 Å². The van der Waals surface area contributed by atoms with Gasteiger partial charge in [0.1, 0.15) is 0 Å². The second-order valence-corrected chi connectivity index (χ2v) is 13.2. The van der Waals surface area contributed by atoms with Crippen molar-refractivity contribution in [2.75, 3.05) is 37.8 Å². The smallest absolute Gasteiger partial charge is 0.175 e. The molecule has 0 N–H and O–H groups in total. The van der Waals surface area contributed by atoms with E-state index in [1.54, 1.807) is 29.5 Å². The fraction of sp³-hybridized carbons (Fsp3) is 0.194. The highest BCUT2D eigenvalue weighted by Gasteiger charge is 2.21. The van der Waals surface area contributed by atoms with Gasteiger partial charge in [0.2, 0.25) is 0 Å². The lowest BCUT2D eigenvalue weighted by molar-refractivity contribution is 0.365. The minimum absolute atomic E-state index is 0.318. The Labute approximate surface area is 239 Å². The molecule has 1 aliphatic rings. The Balaban J connectivity index is 1.41. The molecule has 5 rings (SSSR count). The minimum atomic E-state index is -3.28. The first kappa shape index (κ1) is 27.3. The number of para-hydroxylation sites is 1. The van der Waals surface area contributed by atoms with Crippen LogP contribution in [0.4, 0.5) is 5.69 Å². The standard InChI is InChI=1S/C31H30ClN3O2S2/c1-34(18-17-23-9-4-3-5-10-23)20-25-21-35(29-14-7-6-13-27(29)32)22-28(33-25)31-16-15-30(38-31)24-11-8-12-26(19-24)39(2,36)37/h3-16,19,21H,17-18,20,22H2,1-2H3. The van der Waals surface area contributed by atoms with Crippen molar-refractivity contribution in [1.82, 2.24) is 4.90 Å². The molecule has 0 saturated heterocycles. The third-order valence-corrected chi connectivity index (χ3v) is 9.17. The molecule has 39 heavy (non-hydrogen) atoms. The Morgan fingerprint density at radius 2 is 1.69 bits per heavy atom. The van der Waals surface area contributed by atoms with E-state index in [1.165, 1.54) is 11.8 Å². The van der Waals surface area contributed by atoms with Crippen LogP contribution in [0, 0.1) is 0 Å². The molecule has 0 amide bonds. The fourth-order valence-corrected chi connectivity index (χ4v) is 6.41. The summed E-state index contributed by atoms with van der Waals surface area (Å²) in [7, 11) is -1.16. The van der Waals surface area contributed by atoms with Gasteiger partial charge in [0, 0.05) is 30.4 Å². The maximum Gasteiger partial charge on any atom is 0.175 e. The Kier molecular flexibility index (Phi) is 8.33. The van der Waals surface area contributed by atoms with Gasteiger partial charge in [-0.05, 0) is 61.0 Å². The summed E-state index contributed by atoms with van der Waals surface area (Å²) in [4.78, 5) is 11.9. The highest BCUT2D eigenvalue weighted by atomic mass is 35.5. The van der Waals surface area contributed by atoms with Crippen LogP contribution in [0.1, 0.15) is 10.4 Å². The molecule has 0 saturated carbocycles. The monoisotopic (exact) mass is 575 g/mol. The molecule has 0 fully saturated rings. The van der Waals surface area contributed by atoms with E-state index in [0.717, 1.165) is 45.4 Å². The van der Waals surface area contributed by atoms with Crippen molar-refractivity contribution in [2.45, 2.75) is 11.3 Å². The molecule has 1 aliphatic heterocycles. The van der Waals surface area contributed by atoms with Gasteiger partial charge in [-0.15, -0.1) is 11.3 Å². The number of aliphatic imine (C=N–C) groups is 1. The van der Waals surface area contributed by atoms with Crippen LogP contribution in [0.5, 0.6) is 0 Å². The topological polar surface area (TPSA) is 53.0 Å². The molecule has 0 bridgehead atoms. The summed E-state index contributed by atoms with van der Waals surface area (Å²) < 4.78 is 24.2. The summed E-state index contributed by atoms with van der Waals surface area (Å²) in [6, 6.07) is 29.5. The van der Waals surface area contributed by atoms with Crippen LogP contribution in [0.3, 0.4) is 0 Å². The largest absolute Gasteiger partial charge is 0.339 e. The van der Waals surface area contributed by atoms with Gasteiger partial charge in [-0.3, -0.25) is 4.99 Å². The van der Waals surface area contributed by atoms with Crippen LogP contribution in [0.25, 0.3) is 10.4 Å². The SMILES string of the molecule is CN(CCc1ccccc1)CC1=CN(c2ccccc2Cl)CC(c2ccc(-c3cccc(S(C)(=O)=O)c3)s2)=N1. The summed E-state index contributed by atoms with van der Waals surface area (Å²) in [5.74, 6) is 0. The van der Waals surface area contributed by atoms with Crippen molar-refractivity contribution >= 4 is 44.2 Å².